The van der Waals surface area contributed by atoms with Gasteiger partial charge in [-0.1, -0.05) is 5.22 Å². The standard InChI is InChI=1S/C13H19N3O2S2/c1-7(2)14-16-15-12(18)11-8-5-4-6-9(17)10(8)13(19-3)20-11/h7,9,17H,4-6H2,1-3H3,(H,14,15,18)/t9-/m1/s1. The molecule has 1 atom stereocenters. The average molecular weight is 313 g/mol. The van der Waals surface area contributed by atoms with Gasteiger partial charge in [0.2, 0.25) is 0 Å². The van der Waals surface area contributed by atoms with Crippen molar-refractivity contribution in [2.75, 3.05) is 6.26 Å². The van der Waals surface area contributed by atoms with Crippen LogP contribution in [0.2, 0.25) is 0 Å². The number of carbonyl (C=O) groups is 1. The van der Waals surface area contributed by atoms with E-state index in [0.717, 1.165) is 34.6 Å². The van der Waals surface area contributed by atoms with Crippen LogP contribution in [-0.2, 0) is 6.42 Å². The van der Waals surface area contributed by atoms with Gasteiger partial charge in [-0.3, -0.25) is 4.79 Å². The maximum Gasteiger partial charge on any atom is 0.283 e. The van der Waals surface area contributed by atoms with Gasteiger partial charge in [0.25, 0.3) is 5.91 Å². The number of nitrogens with zero attached hydrogens (tertiary/aromatic N) is 2. The van der Waals surface area contributed by atoms with E-state index in [4.69, 9.17) is 0 Å². The van der Waals surface area contributed by atoms with Gasteiger partial charge in [0.05, 0.1) is 21.2 Å². The minimum atomic E-state index is -0.448. The molecule has 1 aliphatic rings. The number of fused-ring (bicyclic) bond motifs is 1. The third kappa shape index (κ3) is 3.21. The fraction of sp³-hybridized carbons (Fsp3) is 0.615. The molecule has 0 spiro atoms. The number of aliphatic hydroxyl groups is 1. The van der Waals surface area contributed by atoms with Gasteiger partial charge in [0.15, 0.2) is 0 Å². The smallest absolute Gasteiger partial charge is 0.283 e. The van der Waals surface area contributed by atoms with Crippen molar-refractivity contribution in [2.45, 2.75) is 49.5 Å². The van der Waals surface area contributed by atoms with Gasteiger partial charge < -0.3 is 5.11 Å². The molecule has 0 saturated heterocycles. The maximum absolute atomic E-state index is 12.2. The summed E-state index contributed by atoms with van der Waals surface area (Å²) in [6, 6.07) is 0.0520. The third-order valence-corrected chi connectivity index (χ3v) is 5.47. The molecule has 1 aliphatic carbocycles. The summed E-state index contributed by atoms with van der Waals surface area (Å²) < 4.78 is 1.03. The quantitative estimate of drug-likeness (QED) is 0.508. The Morgan fingerprint density at radius 3 is 2.95 bits per heavy atom. The molecule has 0 aliphatic heterocycles. The fourth-order valence-corrected chi connectivity index (χ4v) is 4.32. The number of amides is 1. The molecule has 0 unspecified atom stereocenters. The van der Waals surface area contributed by atoms with Crippen LogP contribution in [0.4, 0.5) is 0 Å². The summed E-state index contributed by atoms with van der Waals surface area (Å²) in [7, 11) is 0. The number of rotatable bonds is 4. The van der Waals surface area contributed by atoms with Gasteiger partial charge in [-0.15, -0.1) is 23.1 Å². The average Bonchev–Trinajstić information content (AvgIpc) is 2.78. The van der Waals surface area contributed by atoms with Crippen molar-refractivity contribution in [1.82, 2.24) is 5.43 Å². The normalized spacial score (nSPS) is 18.6. The first-order valence-corrected chi connectivity index (χ1v) is 8.66. The summed E-state index contributed by atoms with van der Waals surface area (Å²) in [5, 5.41) is 17.7. The van der Waals surface area contributed by atoms with Crippen molar-refractivity contribution in [2.24, 2.45) is 10.3 Å². The molecule has 0 aromatic carbocycles. The second kappa shape index (κ2) is 6.69. The molecule has 7 heteroatoms. The lowest BCUT2D eigenvalue weighted by Crippen LogP contribution is -2.19. The summed E-state index contributed by atoms with van der Waals surface area (Å²) in [5.74, 6) is -0.231. The first-order chi connectivity index (χ1) is 9.54. The lowest BCUT2D eigenvalue weighted by atomic mass is 9.91. The molecular weight excluding hydrogens is 294 g/mol. The Morgan fingerprint density at radius 1 is 1.55 bits per heavy atom. The van der Waals surface area contributed by atoms with Crippen molar-refractivity contribution >= 4 is 29.0 Å². The van der Waals surface area contributed by atoms with E-state index in [2.05, 4.69) is 15.8 Å². The zero-order chi connectivity index (χ0) is 14.7. The summed E-state index contributed by atoms with van der Waals surface area (Å²) >= 11 is 3.01. The second-order valence-electron chi connectivity index (χ2n) is 4.97. The summed E-state index contributed by atoms with van der Waals surface area (Å²) in [6.07, 6.45) is 4.04. The van der Waals surface area contributed by atoms with Crippen LogP contribution < -0.4 is 5.43 Å². The molecule has 0 radical (unpaired) electrons. The highest BCUT2D eigenvalue weighted by molar-refractivity contribution is 8.00. The molecule has 1 heterocycles. The van der Waals surface area contributed by atoms with Gasteiger partial charge >= 0.3 is 0 Å². The monoisotopic (exact) mass is 313 g/mol. The van der Waals surface area contributed by atoms with E-state index in [1.54, 1.807) is 11.8 Å². The predicted molar refractivity (Wildman–Crippen MR) is 81.5 cm³/mol. The van der Waals surface area contributed by atoms with Crippen LogP contribution in [0.25, 0.3) is 0 Å². The minimum absolute atomic E-state index is 0.0520. The van der Waals surface area contributed by atoms with Crippen molar-refractivity contribution in [3.8, 4) is 0 Å². The van der Waals surface area contributed by atoms with Crippen LogP contribution in [-0.4, -0.2) is 23.3 Å². The zero-order valence-electron chi connectivity index (χ0n) is 11.8. The zero-order valence-corrected chi connectivity index (χ0v) is 13.5. The molecule has 5 nitrogen and oxygen atoms in total. The maximum atomic E-state index is 12.2. The highest BCUT2D eigenvalue weighted by atomic mass is 32.2. The lowest BCUT2D eigenvalue weighted by Gasteiger charge is -2.19. The Bertz CT molecular complexity index is 526. The van der Waals surface area contributed by atoms with Crippen LogP contribution in [0.5, 0.6) is 0 Å². The van der Waals surface area contributed by atoms with Crippen LogP contribution in [0.3, 0.4) is 0 Å². The lowest BCUT2D eigenvalue weighted by molar-refractivity contribution is 0.0953. The highest BCUT2D eigenvalue weighted by Crippen LogP contribution is 2.43. The molecular formula is C13H19N3O2S2. The van der Waals surface area contributed by atoms with Crippen molar-refractivity contribution in [3.63, 3.8) is 0 Å². The first-order valence-electron chi connectivity index (χ1n) is 6.62. The molecule has 0 fully saturated rings. The topological polar surface area (TPSA) is 74.0 Å². The van der Waals surface area contributed by atoms with E-state index in [1.165, 1.54) is 11.3 Å². The number of nitrogens with one attached hydrogen (secondary N) is 1. The highest BCUT2D eigenvalue weighted by Gasteiger charge is 2.29. The van der Waals surface area contributed by atoms with Crippen LogP contribution in [0.1, 0.15) is 53.6 Å². The SMILES string of the molecule is CSc1sc(C(=O)NN=NC(C)C)c2c1[C@H](O)CCC2. The molecule has 2 N–H and O–H groups in total. The van der Waals surface area contributed by atoms with Crippen LogP contribution in [0, 0.1) is 0 Å². The van der Waals surface area contributed by atoms with Gasteiger partial charge in [-0.2, -0.15) is 5.11 Å². The Labute approximate surface area is 126 Å². The summed E-state index contributed by atoms with van der Waals surface area (Å²) in [4.78, 5) is 12.8. The Morgan fingerprint density at radius 2 is 2.30 bits per heavy atom. The van der Waals surface area contributed by atoms with E-state index in [0.29, 0.717) is 4.88 Å². The van der Waals surface area contributed by atoms with Crippen molar-refractivity contribution < 1.29 is 9.90 Å². The molecule has 1 amide bonds. The number of aliphatic hydroxyl groups excluding tert-OH is 1. The van der Waals surface area contributed by atoms with Gasteiger partial charge in [-0.05, 0) is 44.9 Å². The van der Waals surface area contributed by atoms with Gasteiger partial charge in [0, 0.05) is 5.56 Å². The number of hydrogen-bond acceptors (Lipinski definition) is 6. The summed E-state index contributed by atoms with van der Waals surface area (Å²) in [5.41, 5.74) is 4.40. The largest absolute Gasteiger partial charge is 0.388 e. The van der Waals surface area contributed by atoms with E-state index in [9.17, 15) is 9.90 Å². The Hall–Kier alpha value is -0.920. The van der Waals surface area contributed by atoms with Gasteiger partial charge in [-0.25, -0.2) is 5.43 Å². The minimum Gasteiger partial charge on any atom is -0.388 e. The van der Waals surface area contributed by atoms with Crippen molar-refractivity contribution in [3.05, 3.63) is 16.0 Å². The third-order valence-electron chi connectivity index (χ3n) is 3.08. The molecule has 2 rings (SSSR count). The number of thiophene rings is 1. The summed E-state index contributed by atoms with van der Waals surface area (Å²) in [6.45, 7) is 3.79. The van der Waals surface area contributed by atoms with E-state index < -0.39 is 6.10 Å². The number of hydrogen-bond donors (Lipinski definition) is 2. The molecule has 1 aromatic rings. The number of carbonyl (C=O) groups excluding carboxylic acids is 1. The molecule has 110 valence electrons. The first kappa shape index (κ1) is 15.5. The molecule has 0 saturated carbocycles. The van der Waals surface area contributed by atoms with Crippen molar-refractivity contribution in [1.29, 1.82) is 0 Å². The Balaban J connectivity index is 2.26. The van der Waals surface area contributed by atoms with E-state index in [-0.39, 0.29) is 11.9 Å². The van der Waals surface area contributed by atoms with Gasteiger partial charge in [0.1, 0.15) is 0 Å². The second-order valence-corrected chi connectivity index (χ2v) is 7.07. The molecule has 0 bridgehead atoms. The predicted octanol–water partition coefficient (Wildman–Crippen LogP) is 3.35. The van der Waals surface area contributed by atoms with Crippen LogP contribution in [0.15, 0.2) is 14.5 Å². The van der Waals surface area contributed by atoms with E-state index >= 15 is 0 Å². The fourth-order valence-electron chi connectivity index (χ4n) is 2.23. The molecule has 20 heavy (non-hydrogen) atoms. The Kier molecular flexibility index (Phi) is 5.17. The molecule has 1 aromatic heterocycles. The van der Waals surface area contributed by atoms with E-state index in [1.807, 2.05) is 20.1 Å². The van der Waals surface area contributed by atoms with Crippen LogP contribution >= 0.6 is 23.1 Å². The number of thioether (sulfide) groups is 1.